The molecule has 1 saturated carbocycles. The van der Waals surface area contributed by atoms with Crippen LogP contribution in [0.2, 0.25) is 5.02 Å². The Morgan fingerprint density at radius 2 is 2.00 bits per heavy atom. The first-order valence-corrected chi connectivity index (χ1v) is 8.57. The van der Waals surface area contributed by atoms with Crippen LogP contribution in [0.4, 0.5) is 10.5 Å². The molecule has 0 radical (unpaired) electrons. The highest BCUT2D eigenvalue weighted by molar-refractivity contribution is 6.33. The van der Waals surface area contributed by atoms with Crippen molar-refractivity contribution < 1.29 is 19.1 Å². The molecule has 1 aliphatic carbocycles. The molecule has 0 spiro atoms. The third kappa shape index (κ3) is 5.63. The molecule has 1 fully saturated rings. The smallest absolute Gasteiger partial charge is 0.338 e. The number of nitrogens with two attached hydrogens (primary N) is 1. The second-order valence-corrected chi connectivity index (χ2v) is 6.61. The summed E-state index contributed by atoms with van der Waals surface area (Å²) in [7, 11) is 0. The maximum absolute atomic E-state index is 11.9. The van der Waals surface area contributed by atoms with E-state index in [2.05, 4.69) is 17.6 Å². The predicted octanol–water partition coefficient (Wildman–Crippen LogP) is 2.48. The van der Waals surface area contributed by atoms with Gasteiger partial charge in [-0.15, -0.1) is 0 Å². The molecule has 4 N–H and O–H groups in total. The van der Waals surface area contributed by atoms with Gasteiger partial charge < -0.3 is 15.8 Å². The van der Waals surface area contributed by atoms with Gasteiger partial charge in [0, 0.05) is 6.04 Å². The Morgan fingerprint density at radius 1 is 1.28 bits per heavy atom. The van der Waals surface area contributed by atoms with Gasteiger partial charge in [-0.2, -0.15) is 0 Å². The lowest BCUT2D eigenvalue weighted by atomic mass is 9.86. The average Bonchev–Trinajstić information content (AvgIpc) is 2.57. The van der Waals surface area contributed by atoms with Crippen LogP contribution in [0.25, 0.3) is 0 Å². The van der Waals surface area contributed by atoms with Crippen LogP contribution in [0, 0.1) is 5.92 Å². The number of carbonyl (C=O) groups is 3. The molecule has 0 saturated heterocycles. The van der Waals surface area contributed by atoms with Gasteiger partial charge in [0.05, 0.1) is 16.3 Å². The summed E-state index contributed by atoms with van der Waals surface area (Å²) in [6.45, 7) is 1.51. The maximum atomic E-state index is 11.9. The minimum absolute atomic E-state index is 0.0566. The van der Waals surface area contributed by atoms with Crippen LogP contribution in [0.5, 0.6) is 0 Å². The number of carbonyl (C=O) groups excluding carboxylic acids is 3. The van der Waals surface area contributed by atoms with Gasteiger partial charge in [-0.05, 0) is 37.0 Å². The average molecular weight is 368 g/mol. The van der Waals surface area contributed by atoms with Crippen LogP contribution >= 0.6 is 11.6 Å². The molecule has 136 valence electrons. The monoisotopic (exact) mass is 367 g/mol. The van der Waals surface area contributed by atoms with Crippen molar-refractivity contribution in [3.63, 3.8) is 0 Å². The molecule has 0 heterocycles. The molecule has 1 aromatic rings. The topological polar surface area (TPSA) is 111 Å². The van der Waals surface area contributed by atoms with E-state index in [0.29, 0.717) is 10.9 Å². The predicted molar refractivity (Wildman–Crippen MR) is 94.2 cm³/mol. The number of urea groups is 1. The third-order valence-corrected chi connectivity index (χ3v) is 4.59. The van der Waals surface area contributed by atoms with E-state index in [4.69, 9.17) is 22.1 Å². The van der Waals surface area contributed by atoms with Crippen molar-refractivity contribution in [2.45, 2.75) is 38.6 Å². The summed E-state index contributed by atoms with van der Waals surface area (Å²) in [6.07, 6.45) is 4.17. The van der Waals surface area contributed by atoms with Crippen molar-refractivity contribution >= 4 is 35.2 Å². The zero-order chi connectivity index (χ0) is 18.4. The van der Waals surface area contributed by atoms with Gasteiger partial charge >= 0.3 is 12.0 Å². The lowest BCUT2D eigenvalue weighted by Gasteiger charge is -2.29. The first-order valence-electron chi connectivity index (χ1n) is 8.19. The number of rotatable bonds is 4. The number of esters is 1. The first-order chi connectivity index (χ1) is 11.9. The van der Waals surface area contributed by atoms with Crippen LogP contribution < -0.4 is 16.4 Å². The molecule has 0 bridgehead atoms. The Bertz CT molecular complexity index is 665. The van der Waals surface area contributed by atoms with Crippen molar-refractivity contribution in [2.24, 2.45) is 5.92 Å². The Balaban J connectivity index is 1.76. The van der Waals surface area contributed by atoms with Crippen LogP contribution in [-0.4, -0.2) is 30.6 Å². The van der Waals surface area contributed by atoms with Crippen LogP contribution in [0.3, 0.4) is 0 Å². The van der Waals surface area contributed by atoms with Gasteiger partial charge in [0.15, 0.2) is 6.61 Å². The normalized spacial score (nSPS) is 19.8. The number of imide groups is 1. The molecular formula is C17H22ClN3O4. The standard InChI is InChI=1S/C17H22ClN3O4/c1-10-4-2-3-5-14(10)20-17(24)21-15(22)9-25-16(23)11-6-7-12(18)13(19)8-11/h6-8,10,14H,2-5,9,19H2,1H3,(H2,20,21,22,24)/t10-,14+/m1/s1. The van der Waals surface area contributed by atoms with Crippen LogP contribution in [0.1, 0.15) is 43.0 Å². The Labute approximate surface area is 151 Å². The molecule has 2 rings (SSSR count). The van der Waals surface area contributed by atoms with Crippen molar-refractivity contribution in [1.29, 1.82) is 0 Å². The molecule has 1 aromatic carbocycles. The van der Waals surface area contributed by atoms with E-state index in [-0.39, 0.29) is 17.3 Å². The number of amides is 3. The summed E-state index contributed by atoms with van der Waals surface area (Å²) in [5.41, 5.74) is 6.02. The van der Waals surface area contributed by atoms with E-state index in [1.807, 2.05) is 0 Å². The van der Waals surface area contributed by atoms with Gasteiger partial charge in [-0.1, -0.05) is 31.4 Å². The Morgan fingerprint density at radius 3 is 2.68 bits per heavy atom. The number of benzene rings is 1. The van der Waals surface area contributed by atoms with E-state index < -0.39 is 24.5 Å². The summed E-state index contributed by atoms with van der Waals surface area (Å²) in [5.74, 6) is -1.04. The molecule has 0 aliphatic heterocycles. The minimum Gasteiger partial charge on any atom is -0.452 e. The molecule has 0 aromatic heterocycles. The number of nitrogens with one attached hydrogen (secondary N) is 2. The maximum Gasteiger partial charge on any atom is 0.338 e. The van der Waals surface area contributed by atoms with Gasteiger partial charge in [0.1, 0.15) is 0 Å². The van der Waals surface area contributed by atoms with Gasteiger partial charge in [-0.3, -0.25) is 10.1 Å². The molecule has 1 aliphatic rings. The number of hydrogen-bond acceptors (Lipinski definition) is 5. The van der Waals surface area contributed by atoms with Crippen LogP contribution in [-0.2, 0) is 9.53 Å². The van der Waals surface area contributed by atoms with Gasteiger partial charge in [-0.25, -0.2) is 9.59 Å². The molecule has 3 amide bonds. The molecule has 25 heavy (non-hydrogen) atoms. The van der Waals surface area contributed by atoms with Crippen LogP contribution in [0.15, 0.2) is 18.2 Å². The number of halogens is 1. The zero-order valence-corrected chi connectivity index (χ0v) is 14.8. The minimum atomic E-state index is -0.722. The highest BCUT2D eigenvalue weighted by Crippen LogP contribution is 2.23. The number of nitrogen functional groups attached to an aromatic ring is 1. The van der Waals surface area contributed by atoms with Gasteiger partial charge in [0.25, 0.3) is 5.91 Å². The number of hydrogen-bond donors (Lipinski definition) is 3. The molecule has 8 heteroatoms. The van der Waals surface area contributed by atoms with Crippen molar-refractivity contribution in [2.75, 3.05) is 12.3 Å². The Kier molecular flexibility index (Phi) is 6.64. The summed E-state index contributed by atoms with van der Waals surface area (Å²) in [4.78, 5) is 35.4. The highest BCUT2D eigenvalue weighted by atomic mass is 35.5. The summed E-state index contributed by atoms with van der Waals surface area (Å²) < 4.78 is 4.87. The Hall–Kier alpha value is -2.28. The quantitative estimate of drug-likeness (QED) is 0.559. The summed E-state index contributed by atoms with van der Waals surface area (Å²) in [6, 6.07) is 3.75. The summed E-state index contributed by atoms with van der Waals surface area (Å²) in [5, 5.41) is 5.28. The number of ether oxygens (including phenoxy) is 1. The lowest BCUT2D eigenvalue weighted by Crippen LogP contribution is -2.48. The van der Waals surface area contributed by atoms with Gasteiger partial charge in [0.2, 0.25) is 0 Å². The van der Waals surface area contributed by atoms with E-state index in [9.17, 15) is 14.4 Å². The second kappa shape index (κ2) is 8.71. The zero-order valence-electron chi connectivity index (χ0n) is 14.0. The van der Waals surface area contributed by atoms with E-state index in [1.54, 1.807) is 0 Å². The van der Waals surface area contributed by atoms with E-state index >= 15 is 0 Å². The first kappa shape index (κ1) is 19.1. The third-order valence-electron chi connectivity index (χ3n) is 4.25. The fourth-order valence-corrected chi connectivity index (χ4v) is 2.90. The lowest BCUT2D eigenvalue weighted by molar-refractivity contribution is -0.123. The van der Waals surface area contributed by atoms with Crippen molar-refractivity contribution in [3.8, 4) is 0 Å². The molecule has 2 atom stereocenters. The molecule has 7 nitrogen and oxygen atoms in total. The largest absolute Gasteiger partial charge is 0.452 e. The van der Waals surface area contributed by atoms with E-state index in [1.165, 1.54) is 18.2 Å². The molecular weight excluding hydrogens is 346 g/mol. The van der Waals surface area contributed by atoms with Crippen molar-refractivity contribution in [1.82, 2.24) is 10.6 Å². The second-order valence-electron chi connectivity index (χ2n) is 6.20. The fourth-order valence-electron chi connectivity index (χ4n) is 2.78. The highest BCUT2D eigenvalue weighted by Gasteiger charge is 2.23. The molecule has 0 unspecified atom stereocenters. The SMILES string of the molecule is C[C@@H]1CCCC[C@@H]1NC(=O)NC(=O)COC(=O)c1ccc(Cl)c(N)c1. The fraction of sp³-hybridized carbons (Fsp3) is 0.471. The summed E-state index contributed by atoms with van der Waals surface area (Å²) >= 11 is 5.77. The van der Waals surface area contributed by atoms with Crippen molar-refractivity contribution in [3.05, 3.63) is 28.8 Å². The van der Waals surface area contributed by atoms with E-state index in [0.717, 1.165) is 25.7 Å². The number of anilines is 1.